The zero-order valence-electron chi connectivity index (χ0n) is 14.4. The third-order valence-corrected chi connectivity index (χ3v) is 4.36. The van der Waals surface area contributed by atoms with Crippen LogP contribution < -0.4 is 5.32 Å². The van der Waals surface area contributed by atoms with Crippen molar-refractivity contribution in [2.24, 2.45) is 0 Å². The number of hydrogen-bond acceptors (Lipinski definition) is 4. The molecule has 0 bridgehead atoms. The Bertz CT molecular complexity index is 1090. The predicted molar refractivity (Wildman–Crippen MR) is 103 cm³/mol. The number of hydrogen-bond donors (Lipinski definition) is 1. The van der Waals surface area contributed by atoms with Gasteiger partial charge >= 0.3 is 0 Å². The molecule has 4 aromatic rings. The average molecular weight is 379 g/mol. The van der Waals surface area contributed by atoms with Crippen molar-refractivity contribution in [1.82, 2.24) is 24.5 Å². The molecule has 0 aliphatic carbocycles. The number of amides is 1. The SMILES string of the molecule is Cc1c(C(=O)Nc2cc(Cl)ccc2-n2cncn2)cnn1-c1ccccc1. The van der Waals surface area contributed by atoms with Crippen molar-refractivity contribution in [2.45, 2.75) is 6.92 Å². The van der Waals surface area contributed by atoms with Gasteiger partial charge in [-0.25, -0.2) is 14.3 Å². The average Bonchev–Trinajstić information content (AvgIpc) is 3.32. The van der Waals surface area contributed by atoms with Gasteiger partial charge in [0.25, 0.3) is 5.91 Å². The Balaban J connectivity index is 1.66. The molecule has 0 aliphatic heterocycles. The summed E-state index contributed by atoms with van der Waals surface area (Å²) in [7, 11) is 0. The lowest BCUT2D eigenvalue weighted by molar-refractivity contribution is 0.102. The van der Waals surface area contributed by atoms with Crippen molar-refractivity contribution in [1.29, 1.82) is 0 Å². The lowest BCUT2D eigenvalue weighted by Crippen LogP contribution is -2.15. The molecule has 2 aromatic heterocycles. The number of rotatable bonds is 4. The van der Waals surface area contributed by atoms with Gasteiger partial charge in [-0.05, 0) is 37.3 Å². The number of para-hydroxylation sites is 1. The van der Waals surface area contributed by atoms with Crippen LogP contribution in [0.3, 0.4) is 0 Å². The molecular formula is C19H15ClN6O. The van der Waals surface area contributed by atoms with E-state index >= 15 is 0 Å². The number of anilines is 1. The molecule has 0 unspecified atom stereocenters. The molecule has 8 heteroatoms. The quantitative estimate of drug-likeness (QED) is 0.587. The Hall–Kier alpha value is -3.45. The minimum atomic E-state index is -0.279. The largest absolute Gasteiger partial charge is 0.320 e. The molecule has 2 aromatic carbocycles. The molecular weight excluding hydrogens is 364 g/mol. The lowest BCUT2D eigenvalue weighted by Gasteiger charge is -2.11. The van der Waals surface area contributed by atoms with Gasteiger partial charge in [0.2, 0.25) is 0 Å². The second kappa shape index (κ2) is 7.05. The number of nitrogens with one attached hydrogen (secondary N) is 1. The third-order valence-electron chi connectivity index (χ3n) is 4.13. The van der Waals surface area contributed by atoms with Gasteiger partial charge in [0.15, 0.2) is 0 Å². The second-order valence-corrected chi connectivity index (χ2v) is 6.28. The van der Waals surface area contributed by atoms with Gasteiger partial charge in [-0.15, -0.1) is 0 Å². The fourth-order valence-electron chi connectivity index (χ4n) is 2.79. The second-order valence-electron chi connectivity index (χ2n) is 5.85. The van der Waals surface area contributed by atoms with Crippen molar-refractivity contribution >= 4 is 23.2 Å². The van der Waals surface area contributed by atoms with Crippen molar-refractivity contribution in [3.8, 4) is 11.4 Å². The first kappa shape index (κ1) is 17.0. The molecule has 0 fully saturated rings. The van der Waals surface area contributed by atoms with E-state index in [-0.39, 0.29) is 5.91 Å². The van der Waals surface area contributed by atoms with Gasteiger partial charge < -0.3 is 5.32 Å². The first-order valence-electron chi connectivity index (χ1n) is 8.19. The highest BCUT2D eigenvalue weighted by atomic mass is 35.5. The van der Waals surface area contributed by atoms with Crippen LogP contribution >= 0.6 is 11.6 Å². The highest BCUT2D eigenvalue weighted by molar-refractivity contribution is 6.31. The van der Waals surface area contributed by atoms with Gasteiger partial charge in [-0.3, -0.25) is 4.79 Å². The van der Waals surface area contributed by atoms with Gasteiger partial charge in [-0.2, -0.15) is 10.2 Å². The number of nitrogens with zero attached hydrogens (tertiary/aromatic N) is 5. The fourth-order valence-corrected chi connectivity index (χ4v) is 2.96. The molecule has 0 saturated carbocycles. The van der Waals surface area contributed by atoms with E-state index in [9.17, 15) is 4.79 Å². The van der Waals surface area contributed by atoms with E-state index in [1.54, 1.807) is 40.1 Å². The zero-order valence-corrected chi connectivity index (χ0v) is 15.1. The first-order chi connectivity index (χ1) is 13.1. The van der Waals surface area contributed by atoms with E-state index in [0.717, 1.165) is 11.4 Å². The highest BCUT2D eigenvalue weighted by Crippen LogP contribution is 2.25. The van der Waals surface area contributed by atoms with Crippen LogP contribution in [0.5, 0.6) is 0 Å². The number of carbonyl (C=O) groups is 1. The molecule has 2 heterocycles. The van der Waals surface area contributed by atoms with Crippen LogP contribution in [0.15, 0.2) is 67.4 Å². The Morgan fingerprint density at radius 1 is 1.11 bits per heavy atom. The molecule has 0 aliphatic rings. The molecule has 134 valence electrons. The van der Waals surface area contributed by atoms with Gasteiger partial charge in [0, 0.05) is 5.02 Å². The van der Waals surface area contributed by atoms with Crippen LogP contribution in [0.1, 0.15) is 16.1 Å². The summed E-state index contributed by atoms with van der Waals surface area (Å²) in [6, 6.07) is 14.8. The number of benzene rings is 2. The van der Waals surface area contributed by atoms with Crippen LogP contribution in [-0.2, 0) is 0 Å². The van der Waals surface area contributed by atoms with Crippen LogP contribution in [0.25, 0.3) is 11.4 Å². The number of aromatic nitrogens is 5. The molecule has 1 amide bonds. The molecule has 27 heavy (non-hydrogen) atoms. The van der Waals surface area contributed by atoms with E-state index in [4.69, 9.17) is 11.6 Å². The van der Waals surface area contributed by atoms with E-state index in [0.29, 0.717) is 22.0 Å². The van der Waals surface area contributed by atoms with Crippen LogP contribution in [0.4, 0.5) is 5.69 Å². The third kappa shape index (κ3) is 3.32. The minimum absolute atomic E-state index is 0.279. The Labute approximate surface area is 160 Å². The monoisotopic (exact) mass is 378 g/mol. The summed E-state index contributed by atoms with van der Waals surface area (Å²) >= 11 is 6.11. The van der Waals surface area contributed by atoms with Crippen LogP contribution in [0, 0.1) is 6.92 Å². The molecule has 0 spiro atoms. The summed E-state index contributed by atoms with van der Waals surface area (Å²) in [5, 5.41) is 11.9. The maximum absolute atomic E-state index is 12.9. The topological polar surface area (TPSA) is 77.6 Å². The van der Waals surface area contributed by atoms with Crippen LogP contribution in [-0.4, -0.2) is 30.5 Å². The molecule has 0 saturated heterocycles. The van der Waals surface area contributed by atoms with Crippen LogP contribution in [0.2, 0.25) is 5.02 Å². The summed E-state index contributed by atoms with van der Waals surface area (Å²) in [6.07, 6.45) is 4.53. The summed E-state index contributed by atoms with van der Waals surface area (Å²) in [6.45, 7) is 1.85. The number of halogens is 1. The van der Waals surface area contributed by atoms with E-state index in [2.05, 4.69) is 20.5 Å². The molecule has 0 radical (unpaired) electrons. The van der Waals surface area contributed by atoms with E-state index < -0.39 is 0 Å². The molecule has 7 nitrogen and oxygen atoms in total. The number of carbonyl (C=O) groups excluding carboxylic acids is 1. The predicted octanol–water partition coefficient (Wildman–Crippen LogP) is 3.67. The van der Waals surface area contributed by atoms with Crippen molar-refractivity contribution in [3.05, 3.63) is 83.7 Å². The van der Waals surface area contributed by atoms with Crippen molar-refractivity contribution in [3.63, 3.8) is 0 Å². The summed E-state index contributed by atoms with van der Waals surface area (Å²) < 4.78 is 3.29. The summed E-state index contributed by atoms with van der Waals surface area (Å²) in [5.74, 6) is -0.279. The highest BCUT2D eigenvalue weighted by Gasteiger charge is 2.17. The van der Waals surface area contributed by atoms with Crippen molar-refractivity contribution in [2.75, 3.05) is 5.32 Å². The molecule has 0 atom stereocenters. The Morgan fingerprint density at radius 2 is 1.93 bits per heavy atom. The Kier molecular flexibility index (Phi) is 4.43. The fraction of sp³-hybridized carbons (Fsp3) is 0.0526. The standard InChI is InChI=1S/C19H15ClN6O/c1-13-16(10-22-26(13)15-5-3-2-4-6-15)19(27)24-17-9-14(20)7-8-18(17)25-12-21-11-23-25/h2-12H,1H3,(H,24,27). The van der Waals surface area contributed by atoms with Gasteiger partial charge in [-0.1, -0.05) is 29.8 Å². The van der Waals surface area contributed by atoms with E-state index in [1.165, 1.54) is 6.33 Å². The molecule has 1 N–H and O–H groups in total. The normalized spacial score (nSPS) is 10.7. The van der Waals surface area contributed by atoms with E-state index in [1.807, 2.05) is 37.3 Å². The van der Waals surface area contributed by atoms with Gasteiger partial charge in [0.1, 0.15) is 12.7 Å². The summed E-state index contributed by atoms with van der Waals surface area (Å²) in [5.41, 5.74) is 3.30. The molecule has 4 rings (SSSR count). The van der Waals surface area contributed by atoms with Gasteiger partial charge in [0.05, 0.1) is 34.5 Å². The lowest BCUT2D eigenvalue weighted by atomic mass is 10.2. The minimum Gasteiger partial charge on any atom is -0.320 e. The van der Waals surface area contributed by atoms with Crippen molar-refractivity contribution < 1.29 is 4.79 Å². The maximum Gasteiger partial charge on any atom is 0.259 e. The smallest absolute Gasteiger partial charge is 0.259 e. The first-order valence-corrected chi connectivity index (χ1v) is 8.57. The Morgan fingerprint density at radius 3 is 2.67 bits per heavy atom. The summed E-state index contributed by atoms with van der Waals surface area (Å²) in [4.78, 5) is 16.8. The zero-order chi connectivity index (χ0) is 18.8. The maximum atomic E-state index is 12.9.